The minimum absolute atomic E-state index is 0.0411. The van der Waals surface area contributed by atoms with Crippen LogP contribution in [0.5, 0.6) is 11.5 Å². The number of ether oxygens (including phenoxy) is 2. The molecule has 3 aromatic carbocycles. The highest BCUT2D eigenvalue weighted by molar-refractivity contribution is 7.92. The summed E-state index contributed by atoms with van der Waals surface area (Å²) in [5.41, 5.74) is 0.423. The highest BCUT2D eigenvalue weighted by Gasteiger charge is 2.29. The Hall–Kier alpha value is -4.12. The zero-order chi connectivity index (χ0) is 27.1. The first-order valence-electron chi connectivity index (χ1n) is 12.1. The van der Waals surface area contributed by atoms with Gasteiger partial charge in [-0.3, -0.25) is 13.9 Å². The van der Waals surface area contributed by atoms with Crippen molar-refractivity contribution in [2.45, 2.75) is 24.7 Å². The maximum atomic E-state index is 14.1. The number of unbranched alkanes of at least 4 members (excludes halogenated alkanes) is 1. The molecule has 0 spiro atoms. The molecule has 2 amide bonds. The van der Waals surface area contributed by atoms with E-state index in [0.29, 0.717) is 18.9 Å². The standard InChI is InChI=1S/C27H28FN3O6S/c1-2-3-13-29-27(33)22-9-4-5-10-23(22)30-26(32)18-31(20-8-6-7-19(28)16-20)38(34,35)21-11-12-24-25(17-21)37-15-14-36-24/h4-12,16-17H,2-3,13-15,18H2,1H3,(H,29,33)(H,30,32). The van der Waals surface area contributed by atoms with Gasteiger partial charge in [-0.2, -0.15) is 0 Å². The maximum absolute atomic E-state index is 14.1. The number of hydrogen-bond donors (Lipinski definition) is 2. The minimum atomic E-state index is -4.34. The number of para-hydroxylation sites is 1. The normalized spacial score (nSPS) is 12.5. The van der Waals surface area contributed by atoms with Gasteiger partial charge < -0.3 is 20.1 Å². The predicted molar refractivity (Wildman–Crippen MR) is 141 cm³/mol. The SMILES string of the molecule is CCCCNC(=O)c1ccccc1NC(=O)CN(c1cccc(F)c1)S(=O)(=O)c1ccc2c(c1)OCCO2. The van der Waals surface area contributed by atoms with Crippen molar-refractivity contribution in [2.24, 2.45) is 0 Å². The van der Waals surface area contributed by atoms with Crippen molar-refractivity contribution in [1.82, 2.24) is 5.32 Å². The summed E-state index contributed by atoms with van der Waals surface area (Å²) in [6.45, 7) is 2.42. The molecule has 0 atom stereocenters. The third kappa shape index (κ3) is 6.23. The molecule has 0 saturated heterocycles. The molecule has 1 aliphatic heterocycles. The summed E-state index contributed by atoms with van der Waals surface area (Å²) in [6, 6.07) is 15.5. The van der Waals surface area contributed by atoms with Gasteiger partial charge in [-0.1, -0.05) is 31.5 Å². The number of carbonyl (C=O) groups excluding carboxylic acids is 2. The molecule has 38 heavy (non-hydrogen) atoms. The monoisotopic (exact) mass is 541 g/mol. The predicted octanol–water partition coefficient (Wildman–Crippen LogP) is 3.96. The van der Waals surface area contributed by atoms with Crippen LogP contribution in [0.15, 0.2) is 71.6 Å². The van der Waals surface area contributed by atoms with E-state index in [1.165, 1.54) is 36.4 Å². The molecule has 0 saturated carbocycles. The number of hydrogen-bond acceptors (Lipinski definition) is 6. The number of anilines is 2. The number of fused-ring (bicyclic) bond motifs is 1. The van der Waals surface area contributed by atoms with Crippen LogP contribution in [-0.4, -0.2) is 46.5 Å². The van der Waals surface area contributed by atoms with E-state index in [-0.39, 0.29) is 40.1 Å². The average molecular weight is 542 g/mol. The lowest BCUT2D eigenvalue weighted by atomic mass is 10.1. The number of benzene rings is 3. The molecule has 1 heterocycles. The van der Waals surface area contributed by atoms with E-state index in [0.717, 1.165) is 23.2 Å². The van der Waals surface area contributed by atoms with E-state index in [2.05, 4.69) is 10.6 Å². The number of nitrogens with zero attached hydrogens (tertiary/aromatic N) is 1. The molecule has 11 heteroatoms. The van der Waals surface area contributed by atoms with Crippen molar-refractivity contribution >= 4 is 33.2 Å². The second-order valence-corrected chi connectivity index (χ2v) is 10.4. The van der Waals surface area contributed by atoms with E-state index in [1.807, 2.05) is 6.92 Å². The van der Waals surface area contributed by atoms with Crippen LogP contribution in [0.2, 0.25) is 0 Å². The van der Waals surface area contributed by atoms with Gasteiger partial charge in [0.15, 0.2) is 11.5 Å². The molecular weight excluding hydrogens is 513 g/mol. The molecule has 200 valence electrons. The lowest BCUT2D eigenvalue weighted by Gasteiger charge is -2.25. The molecular formula is C27H28FN3O6S. The number of halogens is 1. The van der Waals surface area contributed by atoms with Crippen molar-refractivity contribution in [2.75, 3.05) is 35.9 Å². The quantitative estimate of drug-likeness (QED) is 0.376. The van der Waals surface area contributed by atoms with Crippen LogP contribution in [0.25, 0.3) is 0 Å². The van der Waals surface area contributed by atoms with Gasteiger partial charge in [0.1, 0.15) is 25.6 Å². The van der Waals surface area contributed by atoms with Gasteiger partial charge in [0.2, 0.25) is 5.91 Å². The summed E-state index contributed by atoms with van der Waals surface area (Å²) in [4.78, 5) is 25.6. The first kappa shape index (κ1) is 26.9. The highest BCUT2D eigenvalue weighted by Crippen LogP contribution is 2.34. The molecule has 0 bridgehead atoms. The van der Waals surface area contributed by atoms with Gasteiger partial charge in [-0.25, -0.2) is 12.8 Å². The fourth-order valence-electron chi connectivity index (χ4n) is 3.84. The molecule has 0 fully saturated rings. The summed E-state index contributed by atoms with van der Waals surface area (Å²) in [7, 11) is -4.34. The molecule has 2 N–H and O–H groups in total. The van der Waals surface area contributed by atoms with Crippen LogP contribution >= 0.6 is 0 Å². The van der Waals surface area contributed by atoms with E-state index in [4.69, 9.17) is 9.47 Å². The van der Waals surface area contributed by atoms with E-state index in [9.17, 15) is 22.4 Å². The van der Waals surface area contributed by atoms with Crippen LogP contribution < -0.4 is 24.4 Å². The minimum Gasteiger partial charge on any atom is -0.486 e. The molecule has 0 aromatic heterocycles. The Bertz CT molecular complexity index is 1430. The first-order valence-corrected chi connectivity index (χ1v) is 13.6. The van der Waals surface area contributed by atoms with Crippen LogP contribution in [0, 0.1) is 5.82 Å². The average Bonchev–Trinajstić information content (AvgIpc) is 2.91. The molecule has 9 nitrogen and oxygen atoms in total. The Morgan fingerprint density at radius 3 is 2.50 bits per heavy atom. The van der Waals surface area contributed by atoms with E-state index < -0.39 is 28.3 Å². The Balaban J connectivity index is 1.62. The van der Waals surface area contributed by atoms with Gasteiger partial charge in [-0.15, -0.1) is 0 Å². The smallest absolute Gasteiger partial charge is 0.264 e. The van der Waals surface area contributed by atoms with Gasteiger partial charge in [0.05, 0.1) is 21.8 Å². The summed E-state index contributed by atoms with van der Waals surface area (Å²) >= 11 is 0. The van der Waals surface area contributed by atoms with E-state index >= 15 is 0 Å². The van der Waals surface area contributed by atoms with Crippen LogP contribution in [0.1, 0.15) is 30.1 Å². The second kappa shape index (κ2) is 12.0. The third-order valence-electron chi connectivity index (χ3n) is 5.75. The fourth-order valence-corrected chi connectivity index (χ4v) is 5.27. The lowest BCUT2D eigenvalue weighted by Crippen LogP contribution is -2.38. The van der Waals surface area contributed by atoms with Crippen LogP contribution in [-0.2, 0) is 14.8 Å². The zero-order valence-corrected chi connectivity index (χ0v) is 21.6. The van der Waals surface area contributed by atoms with Crippen molar-refractivity contribution in [3.8, 4) is 11.5 Å². The summed E-state index contributed by atoms with van der Waals surface area (Å²) in [5.74, 6) is -1.09. The Morgan fingerprint density at radius 2 is 1.74 bits per heavy atom. The molecule has 0 radical (unpaired) electrons. The molecule has 0 aliphatic carbocycles. The first-order chi connectivity index (χ1) is 18.3. The van der Waals surface area contributed by atoms with E-state index in [1.54, 1.807) is 24.3 Å². The largest absolute Gasteiger partial charge is 0.486 e. The lowest BCUT2D eigenvalue weighted by molar-refractivity contribution is -0.114. The van der Waals surface area contributed by atoms with Crippen molar-refractivity contribution in [1.29, 1.82) is 0 Å². The van der Waals surface area contributed by atoms with Crippen molar-refractivity contribution in [3.63, 3.8) is 0 Å². The fraction of sp³-hybridized carbons (Fsp3) is 0.259. The third-order valence-corrected chi connectivity index (χ3v) is 7.52. The highest BCUT2D eigenvalue weighted by atomic mass is 32.2. The van der Waals surface area contributed by atoms with Gasteiger partial charge >= 0.3 is 0 Å². The van der Waals surface area contributed by atoms with Gasteiger partial charge in [0, 0.05) is 12.6 Å². The number of rotatable bonds is 10. The number of sulfonamides is 1. The topological polar surface area (TPSA) is 114 Å². The summed E-state index contributed by atoms with van der Waals surface area (Å²) in [6.07, 6.45) is 1.72. The Morgan fingerprint density at radius 1 is 0.974 bits per heavy atom. The molecule has 3 aromatic rings. The number of nitrogens with one attached hydrogen (secondary N) is 2. The molecule has 4 rings (SSSR count). The maximum Gasteiger partial charge on any atom is 0.264 e. The second-order valence-electron chi connectivity index (χ2n) is 8.50. The number of amides is 2. The summed E-state index contributed by atoms with van der Waals surface area (Å²) in [5, 5.41) is 5.42. The Labute approximate surface area is 220 Å². The number of carbonyl (C=O) groups is 2. The van der Waals surface area contributed by atoms with Gasteiger partial charge in [0.25, 0.3) is 15.9 Å². The zero-order valence-electron chi connectivity index (χ0n) is 20.8. The van der Waals surface area contributed by atoms with Crippen LogP contribution in [0.4, 0.5) is 15.8 Å². The summed E-state index contributed by atoms with van der Waals surface area (Å²) < 4.78 is 53.3. The van der Waals surface area contributed by atoms with Crippen molar-refractivity contribution < 1.29 is 31.9 Å². The van der Waals surface area contributed by atoms with Crippen molar-refractivity contribution in [3.05, 3.63) is 78.1 Å². The molecule has 0 unspecified atom stereocenters. The van der Waals surface area contributed by atoms with Gasteiger partial charge in [-0.05, 0) is 48.9 Å². The molecule has 1 aliphatic rings. The Kier molecular flexibility index (Phi) is 8.47. The van der Waals surface area contributed by atoms with Crippen LogP contribution in [0.3, 0.4) is 0 Å².